The molecule has 0 saturated carbocycles. The fraction of sp³-hybridized carbons (Fsp3) is 0.500. The fourth-order valence-electron chi connectivity index (χ4n) is 4.90. The number of piperidine rings is 1. The molecule has 6 heteroatoms. The van der Waals surface area contributed by atoms with Crippen molar-refractivity contribution >= 4 is 33.8 Å². The van der Waals surface area contributed by atoms with Crippen LogP contribution in [0.3, 0.4) is 0 Å². The van der Waals surface area contributed by atoms with E-state index in [-0.39, 0.29) is 12.0 Å². The van der Waals surface area contributed by atoms with Crippen molar-refractivity contribution in [1.82, 2.24) is 9.88 Å². The largest absolute Gasteiger partial charge is 0.497 e. The summed E-state index contributed by atoms with van der Waals surface area (Å²) in [5.41, 5.74) is 3.57. The van der Waals surface area contributed by atoms with E-state index in [9.17, 15) is 5.11 Å². The van der Waals surface area contributed by atoms with Crippen molar-refractivity contribution in [1.29, 1.82) is 0 Å². The van der Waals surface area contributed by atoms with Crippen LogP contribution in [0.2, 0.25) is 5.02 Å². The number of benzene rings is 1. The Hall–Kier alpha value is -1.66. The average molecular weight is 473 g/mol. The molecule has 1 fully saturated rings. The summed E-state index contributed by atoms with van der Waals surface area (Å²) in [6, 6.07) is 8.17. The number of aromatic nitrogens is 1. The molecule has 4 rings (SSSR count). The highest BCUT2D eigenvalue weighted by atomic mass is 35.5. The van der Waals surface area contributed by atoms with E-state index in [0.29, 0.717) is 5.02 Å². The number of aryl methyl sites for hydroxylation is 2. The molecule has 3 heterocycles. The van der Waals surface area contributed by atoms with Crippen molar-refractivity contribution < 1.29 is 9.84 Å². The maximum Gasteiger partial charge on any atom is 0.119 e. The minimum absolute atomic E-state index is 0.0385. The summed E-state index contributed by atoms with van der Waals surface area (Å²) in [6.07, 6.45) is 9.18. The molecule has 0 atom stereocenters. The Balaban J connectivity index is 1.31. The molecule has 1 saturated heterocycles. The maximum atomic E-state index is 10.3. The highest BCUT2D eigenvalue weighted by molar-refractivity contribution is 7.07. The first kappa shape index (κ1) is 23.5. The molecule has 32 heavy (non-hydrogen) atoms. The molecule has 4 nitrogen and oxygen atoms in total. The Kier molecular flexibility index (Phi) is 8.06. The Labute approximate surface area is 200 Å². The Morgan fingerprint density at radius 1 is 1.19 bits per heavy atom. The van der Waals surface area contributed by atoms with Crippen LogP contribution in [-0.2, 0) is 12.8 Å². The van der Waals surface area contributed by atoms with Gasteiger partial charge in [-0.2, -0.15) is 11.3 Å². The third kappa shape index (κ3) is 5.63. The van der Waals surface area contributed by atoms with Gasteiger partial charge < -0.3 is 14.7 Å². The highest BCUT2D eigenvalue weighted by Gasteiger charge is 2.33. The number of ether oxygens (including phenoxy) is 1. The van der Waals surface area contributed by atoms with E-state index < -0.39 is 0 Å². The van der Waals surface area contributed by atoms with Crippen molar-refractivity contribution in [3.05, 3.63) is 57.4 Å². The topological polar surface area (TPSA) is 45.6 Å². The Morgan fingerprint density at radius 2 is 2.03 bits per heavy atom. The second-order valence-electron chi connectivity index (χ2n) is 9.06. The van der Waals surface area contributed by atoms with Gasteiger partial charge in [0.05, 0.1) is 17.6 Å². The number of hydrogen-bond acceptors (Lipinski definition) is 5. The Morgan fingerprint density at radius 3 is 2.75 bits per heavy atom. The smallest absolute Gasteiger partial charge is 0.119 e. The fourth-order valence-corrected chi connectivity index (χ4v) is 5.85. The molecule has 1 N–H and O–H groups in total. The maximum absolute atomic E-state index is 10.3. The van der Waals surface area contributed by atoms with Crippen molar-refractivity contribution in [3.63, 3.8) is 0 Å². The molecule has 0 unspecified atom stereocenters. The monoisotopic (exact) mass is 472 g/mol. The standard InChI is InChI=1S/C26H33ClN2O2S/c1-31-21-6-7-25-23(16-21)22(24(27)17-28-25)5-2-9-26(19-30)10-13-29(14-11-26)12-3-4-20-8-15-32-18-20/h6-8,15-18,30H,2-5,9-14,19H2,1H3. The predicted molar refractivity (Wildman–Crippen MR) is 134 cm³/mol. The van der Waals surface area contributed by atoms with Crippen molar-refractivity contribution in [2.75, 3.05) is 33.4 Å². The zero-order chi connectivity index (χ0) is 22.4. The van der Waals surface area contributed by atoms with Gasteiger partial charge in [-0.15, -0.1) is 0 Å². The molecule has 0 radical (unpaired) electrons. The molecule has 172 valence electrons. The number of aliphatic hydroxyl groups is 1. The zero-order valence-corrected chi connectivity index (χ0v) is 20.4. The lowest BCUT2D eigenvalue weighted by Crippen LogP contribution is -2.42. The zero-order valence-electron chi connectivity index (χ0n) is 18.9. The number of hydrogen-bond donors (Lipinski definition) is 1. The number of likely N-dealkylation sites (tertiary alicyclic amines) is 1. The minimum Gasteiger partial charge on any atom is -0.497 e. The lowest BCUT2D eigenvalue weighted by molar-refractivity contribution is 0.0353. The van der Waals surface area contributed by atoms with Crippen LogP contribution in [0, 0.1) is 5.41 Å². The summed E-state index contributed by atoms with van der Waals surface area (Å²) >= 11 is 8.31. The first-order valence-electron chi connectivity index (χ1n) is 11.6. The third-order valence-electron chi connectivity index (χ3n) is 7.04. The van der Waals surface area contributed by atoms with Crippen molar-refractivity contribution in [3.8, 4) is 5.75 Å². The molecular weight excluding hydrogens is 440 g/mol. The number of methoxy groups -OCH3 is 1. The van der Waals surface area contributed by atoms with Gasteiger partial charge in [-0.3, -0.25) is 4.98 Å². The van der Waals surface area contributed by atoms with Crippen molar-refractivity contribution in [2.24, 2.45) is 5.41 Å². The number of thiophene rings is 1. The van der Waals surface area contributed by atoms with Gasteiger partial charge in [-0.05, 0) is 116 Å². The molecule has 1 aromatic carbocycles. The van der Waals surface area contributed by atoms with E-state index in [0.717, 1.165) is 80.4 Å². The van der Waals surface area contributed by atoms with Crippen LogP contribution in [0.5, 0.6) is 5.75 Å². The molecule has 0 spiro atoms. The first-order valence-corrected chi connectivity index (χ1v) is 12.9. The van der Waals surface area contributed by atoms with Crippen LogP contribution in [-0.4, -0.2) is 48.3 Å². The van der Waals surface area contributed by atoms with E-state index in [4.69, 9.17) is 16.3 Å². The molecule has 2 aromatic heterocycles. The van der Waals surface area contributed by atoms with Crippen LogP contribution >= 0.6 is 22.9 Å². The number of fused-ring (bicyclic) bond motifs is 1. The van der Waals surface area contributed by atoms with Gasteiger partial charge in [0.2, 0.25) is 0 Å². The van der Waals surface area contributed by atoms with E-state index in [2.05, 4.69) is 26.7 Å². The van der Waals surface area contributed by atoms with Gasteiger partial charge in [-0.1, -0.05) is 11.6 Å². The lowest BCUT2D eigenvalue weighted by Gasteiger charge is -2.41. The summed E-state index contributed by atoms with van der Waals surface area (Å²) in [5, 5.41) is 16.4. The van der Waals surface area contributed by atoms with Gasteiger partial charge in [0, 0.05) is 18.2 Å². The molecule has 3 aromatic rings. The first-order chi connectivity index (χ1) is 15.6. The summed E-state index contributed by atoms with van der Waals surface area (Å²) in [4.78, 5) is 7.03. The number of aliphatic hydroxyl groups excluding tert-OH is 1. The summed E-state index contributed by atoms with van der Waals surface area (Å²) in [6.45, 7) is 3.59. The van der Waals surface area contributed by atoms with Crippen LogP contribution in [0.4, 0.5) is 0 Å². The van der Waals surface area contributed by atoms with Gasteiger partial charge >= 0.3 is 0 Å². The van der Waals surface area contributed by atoms with E-state index in [1.54, 1.807) is 24.6 Å². The van der Waals surface area contributed by atoms with Gasteiger partial charge in [-0.25, -0.2) is 0 Å². The Bertz CT molecular complexity index is 1000. The second-order valence-corrected chi connectivity index (χ2v) is 10.2. The van der Waals surface area contributed by atoms with E-state index >= 15 is 0 Å². The summed E-state index contributed by atoms with van der Waals surface area (Å²) in [7, 11) is 1.68. The van der Waals surface area contributed by atoms with Crippen LogP contribution in [0.15, 0.2) is 41.2 Å². The number of halogens is 1. The van der Waals surface area contributed by atoms with Crippen LogP contribution in [0.25, 0.3) is 10.9 Å². The molecule has 0 bridgehead atoms. The SMILES string of the molecule is COc1ccc2ncc(Cl)c(CCCC3(CO)CCN(CCCc4ccsc4)CC3)c2c1. The molecule has 1 aliphatic rings. The highest BCUT2D eigenvalue weighted by Crippen LogP contribution is 2.37. The van der Waals surface area contributed by atoms with E-state index in [1.165, 1.54) is 12.0 Å². The van der Waals surface area contributed by atoms with Crippen LogP contribution in [0.1, 0.15) is 43.2 Å². The van der Waals surface area contributed by atoms with E-state index in [1.807, 2.05) is 18.2 Å². The van der Waals surface area contributed by atoms with Gasteiger partial charge in [0.15, 0.2) is 0 Å². The van der Waals surface area contributed by atoms with Crippen LogP contribution < -0.4 is 4.74 Å². The average Bonchev–Trinajstić information content (AvgIpc) is 3.35. The number of rotatable bonds is 10. The predicted octanol–water partition coefficient (Wildman–Crippen LogP) is 5.99. The minimum atomic E-state index is 0.0385. The summed E-state index contributed by atoms with van der Waals surface area (Å²) in [5.74, 6) is 0.820. The quantitative estimate of drug-likeness (QED) is 0.393. The normalized spacial score (nSPS) is 16.5. The second kappa shape index (κ2) is 11.0. The molecule has 0 aliphatic carbocycles. The van der Waals surface area contributed by atoms with Gasteiger partial charge in [0.25, 0.3) is 0 Å². The molecule has 0 amide bonds. The van der Waals surface area contributed by atoms with Crippen molar-refractivity contribution in [2.45, 2.75) is 44.9 Å². The summed E-state index contributed by atoms with van der Waals surface area (Å²) < 4.78 is 5.40. The molecular formula is C26H33ClN2O2S. The lowest BCUT2D eigenvalue weighted by atomic mass is 9.75. The third-order valence-corrected chi connectivity index (χ3v) is 8.10. The van der Waals surface area contributed by atoms with Gasteiger partial charge in [0.1, 0.15) is 5.75 Å². The number of pyridine rings is 1. The molecule has 1 aliphatic heterocycles. The number of nitrogens with zero attached hydrogens (tertiary/aromatic N) is 2.